The maximum absolute atomic E-state index is 13.1. The summed E-state index contributed by atoms with van der Waals surface area (Å²) in [5.74, 6) is -0.00226. The number of amides is 1. The van der Waals surface area contributed by atoms with Crippen LogP contribution in [0.1, 0.15) is 56.9 Å². The number of carbonyl (C=O) groups is 1. The number of hydrogen-bond acceptors (Lipinski definition) is 2. The van der Waals surface area contributed by atoms with Crippen LogP contribution in [0.25, 0.3) is 10.2 Å². The summed E-state index contributed by atoms with van der Waals surface area (Å²) in [6.07, 6.45) is 6.03. The molecule has 2 N–H and O–H groups in total. The van der Waals surface area contributed by atoms with Gasteiger partial charge < -0.3 is 10.3 Å². The van der Waals surface area contributed by atoms with Crippen molar-refractivity contribution in [2.24, 2.45) is 0 Å². The van der Waals surface area contributed by atoms with Crippen LogP contribution in [0.5, 0.6) is 0 Å². The molecule has 2 heterocycles. The van der Waals surface area contributed by atoms with Crippen LogP contribution in [-0.4, -0.2) is 10.9 Å². The Hall–Kier alpha value is -2.07. The van der Waals surface area contributed by atoms with Crippen LogP contribution in [0, 0.1) is 20.8 Å². The lowest BCUT2D eigenvalue weighted by molar-refractivity contribution is 0.102. The quantitative estimate of drug-likeness (QED) is 0.573. The van der Waals surface area contributed by atoms with E-state index in [9.17, 15) is 4.79 Å². The highest BCUT2D eigenvalue weighted by Gasteiger charge is 2.24. The number of thiophene rings is 1. The third-order valence-corrected chi connectivity index (χ3v) is 6.46. The number of aryl methyl sites for hydroxylation is 5. The van der Waals surface area contributed by atoms with Gasteiger partial charge in [0.1, 0.15) is 0 Å². The molecule has 0 bridgehead atoms. The molecular formula is C21H24N2OS. The van der Waals surface area contributed by atoms with E-state index in [0.29, 0.717) is 0 Å². The summed E-state index contributed by atoms with van der Waals surface area (Å²) in [6, 6.07) is 6.10. The molecule has 0 radical (unpaired) electrons. The average Bonchev–Trinajstić information content (AvgIpc) is 2.94. The molecule has 1 aromatic carbocycles. The van der Waals surface area contributed by atoms with Gasteiger partial charge in [0.05, 0.1) is 15.8 Å². The Morgan fingerprint density at radius 1 is 1.08 bits per heavy atom. The van der Waals surface area contributed by atoms with E-state index in [1.54, 1.807) is 11.3 Å². The number of fused-ring (bicyclic) bond motifs is 3. The van der Waals surface area contributed by atoms with Gasteiger partial charge in [0.2, 0.25) is 0 Å². The molecule has 4 rings (SSSR count). The Morgan fingerprint density at radius 3 is 2.56 bits per heavy atom. The fourth-order valence-corrected chi connectivity index (χ4v) is 5.17. The molecule has 130 valence electrons. The minimum absolute atomic E-state index is 0.00226. The van der Waals surface area contributed by atoms with Gasteiger partial charge in [-0.1, -0.05) is 24.6 Å². The van der Waals surface area contributed by atoms with Crippen molar-refractivity contribution < 1.29 is 4.79 Å². The number of nitrogens with one attached hydrogen (secondary N) is 2. The van der Waals surface area contributed by atoms with Gasteiger partial charge >= 0.3 is 0 Å². The largest absolute Gasteiger partial charge is 0.357 e. The number of para-hydroxylation sites is 1. The van der Waals surface area contributed by atoms with Gasteiger partial charge in [-0.3, -0.25) is 4.79 Å². The van der Waals surface area contributed by atoms with Crippen LogP contribution in [0.4, 0.5) is 5.69 Å². The highest BCUT2D eigenvalue weighted by Crippen LogP contribution is 2.38. The molecule has 0 atom stereocenters. The molecule has 1 aliphatic carbocycles. The molecule has 1 amide bonds. The SMILES string of the molecule is Cc1cccc(C)c1NC(=O)c1c(C)sc2c3c([nH]c12)CCCCC3. The Balaban J connectivity index is 1.76. The predicted octanol–water partition coefficient (Wildman–Crippen LogP) is 5.68. The zero-order valence-electron chi connectivity index (χ0n) is 15.1. The first-order valence-electron chi connectivity index (χ1n) is 9.06. The molecule has 0 saturated carbocycles. The number of carbonyl (C=O) groups excluding carboxylic acids is 1. The van der Waals surface area contributed by atoms with Crippen LogP contribution < -0.4 is 5.32 Å². The van der Waals surface area contributed by atoms with Crippen molar-refractivity contribution in [1.29, 1.82) is 0 Å². The van der Waals surface area contributed by atoms with Gasteiger partial charge in [0.15, 0.2) is 0 Å². The molecular weight excluding hydrogens is 328 g/mol. The first-order valence-corrected chi connectivity index (χ1v) is 9.88. The molecule has 0 unspecified atom stereocenters. The van der Waals surface area contributed by atoms with Gasteiger partial charge in [0.25, 0.3) is 5.91 Å². The Bertz CT molecular complexity index is 944. The first kappa shape index (κ1) is 16.4. The van der Waals surface area contributed by atoms with Crippen LogP contribution in [-0.2, 0) is 12.8 Å². The van der Waals surface area contributed by atoms with Crippen LogP contribution >= 0.6 is 11.3 Å². The average molecular weight is 353 g/mol. The lowest BCUT2D eigenvalue weighted by atomic mass is 10.1. The summed E-state index contributed by atoms with van der Waals surface area (Å²) >= 11 is 1.76. The lowest BCUT2D eigenvalue weighted by Gasteiger charge is -2.11. The normalized spacial score (nSPS) is 14.4. The fourth-order valence-electron chi connectivity index (χ4n) is 3.96. The summed E-state index contributed by atoms with van der Waals surface area (Å²) in [5.41, 5.74) is 7.78. The van der Waals surface area contributed by atoms with Crippen molar-refractivity contribution in [3.05, 3.63) is 51.0 Å². The molecule has 25 heavy (non-hydrogen) atoms. The molecule has 0 spiro atoms. The van der Waals surface area contributed by atoms with Crippen LogP contribution in [0.3, 0.4) is 0 Å². The minimum Gasteiger partial charge on any atom is -0.357 e. The molecule has 2 aromatic heterocycles. The van der Waals surface area contributed by atoms with Crippen molar-refractivity contribution in [2.45, 2.75) is 52.9 Å². The third kappa shape index (κ3) is 2.78. The molecule has 3 aromatic rings. The fraction of sp³-hybridized carbons (Fsp3) is 0.381. The number of H-pyrrole nitrogens is 1. The van der Waals surface area contributed by atoms with Gasteiger partial charge in [-0.05, 0) is 63.1 Å². The molecule has 0 aliphatic heterocycles. The van der Waals surface area contributed by atoms with E-state index in [4.69, 9.17) is 0 Å². The second kappa shape index (κ2) is 6.34. The topological polar surface area (TPSA) is 44.9 Å². The third-order valence-electron chi connectivity index (χ3n) is 5.30. The number of benzene rings is 1. The highest BCUT2D eigenvalue weighted by atomic mass is 32.1. The summed E-state index contributed by atoms with van der Waals surface area (Å²) < 4.78 is 1.29. The van der Waals surface area contributed by atoms with Crippen LogP contribution in [0.15, 0.2) is 18.2 Å². The van der Waals surface area contributed by atoms with E-state index in [2.05, 4.69) is 17.2 Å². The lowest BCUT2D eigenvalue weighted by Crippen LogP contribution is -2.14. The zero-order valence-corrected chi connectivity index (χ0v) is 15.9. The van der Waals surface area contributed by atoms with E-state index in [1.807, 2.05) is 32.0 Å². The Kier molecular flexibility index (Phi) is 4.16. The molecule has 3 nitrogen and oxygen atoms in total. The summed E-state index contributed by atoms with van der Waals surface area (Å²) in [5, 5.41) is 3.15. The molecule has 4 heteroatoms. The predicted molar refractivity (Wildman–Crippen MR) is 106 cm³/mol. The van der Waals surface area contributed by atoms with Crippen LogP contribution in [0.2, 0.25) is 0 Å². The number of anilines is 1. The van der Waals surface area contributed by atoms with E-state index in [1.165, 1.54) is 35.2 Å². The standard InChI is InChI=1S/C21H24N2OS/c1-12-8-7-9-13(2)18(12)23-21(24)17-14(3)25-20-15-10-5-4-6-11-16(15)22-19(17)20/h7-9,22H,4-6,10-11H2,1-3H3,(H,23,24). The first-order chi connectivity index (χ1) is 12.1. The van der Waals surface area contributed by atoms with E-state index >= 15 is 0 Å². The second-order valence-corrected chi connectivity index (χ2v) is 8.33. The minimum atomic E-state index is -0.00226. The number of rotatable bonds is 2. The molecule has 1 aliphatic rings. The maximum atomic E-state index is 13.1. The summed E-state index contributed by atoms with van der Waals surface area (Å²) in [6.45, 7) is 6.13. The zero-order chi connectivity index (χ0) is 17.6. The summed E-state index contributed by atoms with van der Waals surface area (Å²) in [4.78, 5) is 17.8. The Labute approximate surface area is 152 Å². The summed E-state index contributed by atoms with van der Waals surface area (Å²) in [7, 11) is 0. The number of aromatic amines is 1. The number of aromatic nitrogens is 1. The van der Waals surface area contributed by atoms with Gasteiger partial charge in [-0.15, -0.1) is 11.3 Å². The van der Waals surface area contributed by atoms with Gasteiger partial charge in [0, 0.05) is 16.3 Å². The molecule has 0 saturated heterocycles. The van der Waals surface area contributed by atoms with Crippen molar-refractivity contribution in [1.82, 2.24) is 4.98 Å². The maximum Gasteiger partial charge on any atom is 0.258 e. The highest BCUT2D eigenvalue weighted by molar-refractivity contribution is 7.19. The van der Waals surface area contributed by atoms with Crippen molar-refractivity contribution in [2.75, 3.05) is 5.32 Å². The second-order valence-electron chi connectivity index (χ2n) is 7.10. The monoisotopic (exact) mass is 352 g/mol. The van der Waals surface area contributed by atoms with Crippen molar-refractivity contribution in [3.8, 4) is 0 Å². The van der Waals surface area contributed by atoms with Gasteiger partial charge in [-0.2, -0.15) is 0 Å². The Morgan fingerprint density at radius 2 is 1.80 bits per heavy atom. The molecule has 0 fully saturated rings. The van der Waals surface area contributed by atoms with Crippen molar-refractivity contribution in [3.63, 3.8) is 0 Å². The smallest absolute Gasteiger partial charge is 0.258 e. The van der Waals surface area contributed by atoms with E-state index < -0.39 is 0 Å². The van der Waals surface area contributed by atoms with Gasteiger partial charge in [-0.25, -0.2) is 0 Å². The van der Waals surface area contributed by atoms with E-state index in [-0.39, 0.29) is 5.91 Å². The number of hydrogen-bond donors (Lipinski definition) is 2. The van der Waals surface area contributed by atoms with Crippen molar-refractivity contribution >= 4 is 33.1 Å². The van der Waals surface area contributed by atoms with E-state index in [0.717, 1.165) is 45.6 Å².